The monoisotopic (exact) mass is 504 g/mol. The standard InChI is InChI=1S/C13H9.C6H14Si.C5H5.2ClH.Zr/c1-3-7-12-10(5-1)9-11-6-2-4-8-13(11)12;1-3-5-7-6-4-2;1-2-4-5-3-1;;;/h1-9H;3-6H2,1-2H3;1-3H,4H2;2*1H;/q;;;;;+2/p-2. The van der Waals surface area contributed by atoms with Gasteiger partial charge in [0.2, 0.25) is 0 Å². The quantitative estimate of drug-likeness (QED) is 0.514. The molecule has 0 N–H and O–H groups in total. The van der Waals surface area contributed by atoms with Gasteiger partial charge in [-0.05, 0) is 0 Å². The van der Waals surface area contributed by atoms with E-state index in [2.05, 4.69) is 80.6 Å². The van der Waals surface area contributed by atoms with Gasteiger partial charge in [0.15, 0.2) is 0 Å². The molecule has 0 saturated heterocycles. The zero-order valence-corrected chi connectivity index (χ0v) is 21.7. The largest absolute Gasteiger partial charge is 1.00 e. The molecule has 4 rings (SSSR count). The van der Waals surface area contributed by atoms with Crippen LogP contribution in [0.2, 0.25) is 12.1 Å². The smallest absolute Gasteiger partial charge is 1.00 e. The van der Waals surface area contributed by atoms with Gasteiger partial charge in [-0.25, -0.2) is 0 Å². The van der Waals surface area contributed by atoms with Gasteiger partial charge in [0.1, 0.15) is 0 Å². The predicted octanol–water partition coefficient (Wildman–Crippen LogP) is 1.04. The van der Waals surface area contributed by atoms with Crippen LogP contribution in [0.5, 0.6) is 0 Å². The van der Waals surface area contributed by atoms with E-state index in [9.17, 15) is 0 Å². The Kier molecular flexibility index (Phi) is 9.48. The minimum Gasteiger partial charge on any atom is -1.00 e. The van der Waals surface area contributed by atoms with E-state index >= 15 is 0 Å². The summed E-state index contributed by atoms with van der Waals surface area (Å²) in [6.07, 6.45) is 11.2. The first-order chi connectivity index (χ1) is 12.8. The van der Waals surface area contributed by atoms with E-state index in [1.54, 1.807) is 11.1 Å². The van der Waals surface area contributed by atoms with E-state index in [4.69, 9.17) is 0 Å². The number of halogens is 2. The predicted molar refractivity (Wildman–Crippen MR) is 112 cm³/mol. The second-order valence-corrected chi connectivity index (χ2v) is 23.1. The first kappa shape index (κ1) is 23.9. The molecule has 0 spiro atoms. The second kappa shape index (κ2) is 11.1. The Balaban J connectivity index is 0.00000140. The molecular formula is C24H28Cl2SiZr. The molecule has 0 amide bonds. The zero-order valence-electron chi connectivity index (χ0n) is 16.7. The Labute approximate surface area is 190 Å². The maximum Gasteiger partial charge on any atom is -1.00 e. The van der Waals surface area contributed by atoms with Gasteiger partial charge in [-0.3, -0.25) is 0 Å². The van der Waals surface area contributed by atoms with Crippen LogP contribution >= 0.6 is 0 Å². The molecule has 0 bridgehead atoms. The number of fused-ring (bicyclic) bond motifs is 3. The van der Waals surface area contributed by atoms with Crippen LogP contribution in [0.15, 0.2) is 70.0 Å². The Hall–Kier alpha value is -0.400. The van der Waals surface area contributed by atoms with Crippen molar-refractivity contribution in [1.82, 2.24) is 0 Å². The number of allylic oxidation sites excluding steroid dienone is 4. The van der Waals surface area contributed by atoms with Crippen molar-refractivity contribution in [3.05, 3.63) is 81.2 Å². The fraction of sp³-hybridized carbons (Fsp3) is 0.333. The first-order valence-corrected chi connectivity index (χ1v) is 18.4. The average molecular weight is 507 g/mol. The van der Waals surface area contributed by atoms with Crippen LogP contribution in [-0.2, 0) is 20.4 Å². The van der Waals surface area contributed by atoms with E-state index in [1.165, 1.54) is 42.5 Å². The van der Waals surface area contributed by atoms with Crippen LogP contribution in [0.25, 0.3) is 11.1 Å². The molecular weight excluding hydrogens is 478 g/mol. The molecule has 2 aromatic carbocycles. The van der Waals surface area contributed by atoms with Crippen LogP contribution in [0.1, 0.15) is 47.9 Å². The third-order valence-corrected chi connectivity index (χ3v) is 27.2. The first-order valence-electron chi connectivity index (χ1n) is 10.1. The van der Waals surface area contributed by atoms with Crippen molar-refractivity contribution in [2.75, 3.05) is 0 Å². The normalized spacial score (nSPS) is 13.5. The molecule has 0 heterocycles. The van der Waals surface area contributed by atoms with Gasteiger partial charge in [-0.1, -0.05) is 0 Å². The summed E-state index contributed by atoms with van der Waals surface area (Å²) in [6, 6.07) is 21.6. The summed E-state index contributed by atoms with van der Waals surface area (Å²) in [6.45, 7) is 4.80. The van der Waals surface area contributed by atoms with Crippen molar-refractivity contribution in [3.63, 3.8) is 0 Å². The molecule has 0 saturated carbocycles. The molecule has 2 aromatic rings. The molecule has 28 heavy (non-hydrogen) atoms. The van der Waals surface area contributed by atoms with Gasteiger partial charge in [0.25, 0.3) is 0 Å². The summed E-state index contributed by atoms with van der Waals surface area (Å²) in [4.78, 5) is 0. The maximum absolute atomic E-state index is 2.52. The van der Waals surface area contributed by atoms with Gasteiger partial charge in [-0.2, -0.15) is 0 Å². The van der Waals surface area contributed by atoms with Gasteiger partial charge < -0.3 is 24.8 Å². The fourth-order valence-corrected chi connectivity index (χ4v) is 29.7. The second-order valence-electron chi connectivity index (χ2n) is 7.45. The Morgan fingerprint density at radius 2 is 1.39 bits per heavy atom. The summed E-state index contributed by atoms with van der Waals surface area (Å²) in [7, 11) is 0. The van der Waals surface area contributed by atoms with Gasteiger partial charge >= 0.3 is 167 Å². The third-order valence-electron chi connectivity index (χ3n) is 5.72. The molecule has 0 atom stereocenters. The summed E-state index contributed by atoms with van der Waals surface area (Å²) in [5.74, 6) is 0. The summed E-state index contributed by atoms with van der Waals surface area (Å²) in [5.41, 5.74) is 6.11. The third kappa shape index (κ3) is 4.51. The number of hydrogen-bond donors (Lipinski definition) is 0. The Morgan fingerprint density at radius 1 is 0.857 bits per heavy atom. The van der Waals surface area contributed by atoms with Gasteiger partial charge in [0.05, 0.1) is 0 Å². The minimum atomic E-state index is -1.81. The van der Waals surface area contributed by atoms with Crippen LogP contribution < -0.4 is 24.8 Å². The molecule has 146 valence electrons. The fourth-order valence-electron chi connectivity index (χ4n) is 4.73. The van der Waals surface area contributed by atoms with Crippen molar-refractivity contribution in [2.24, 2.45) is 0 Å². The van der Waals surface area contributed by atoms with Crippen LogP contribution in [0.3, 0.4) is 0 Å². The number of benzene rings is 2. The van der Waals surface area contributed by atoms with E-state index in [0.717, 1.165) is 3.63 Å². The summed E-state index contributed by atoms with van der Waals surface area (Å²) < 4.78 is 2.64. The van der Waals surface area contributed by atoms with Crippen molar-refractivity contribution in [3.8, 4) is 11.1 Å². The number of rotatable bonds is 6. The molecule has 0 aliphatic heterocycles. The Morgan fingerprint density at radius 3 is 1.86 bits per heavy atom. The Bertz CT molecular complexity index is 861. The molecule has 0 aromatic heterocycles. The van der Waals surface area contributed by atoms with Crippen molar-refractivity contribution >= 4 is 5.43 Å². The molecule has 0 unspecified atom stereocenters. The van der Waals surface area contributed by atoms with E-state index < -0.39 is 20.4 Å². The van der Waals surface area contributed by atoms with Crippen molar-refractivity contribution in [1.29, 1.82) is 0 Å². The van der Waals surface area contributed by atoms with Gasteiger partial charge in [0, 0.05) is 0 Å². The molecule has 2 aliphatic carbocycles. The SMILES string of the molecule is CCC[Si](CCC)=[Zr+2]([C]1=CC=CC1)[CH]1c2ccccc2-c2ccccc21.[Cl-].[Cl-]. The minimum absolute atomic E-state index is 0. The maximum atomic E-state index is 2.52. The van der Waals surface area contributed by atoms with E-state index in [-0.39, 0.29) is 30.2 Å². The average Bonchev–Trinajstić information content (AvgIpc) is 3.30. The molecule has 0 nitrogen and oxygen atoms in total. The zero-order chi connectivity index (χ0) is 17.9. The molecule has 0 radical (unpaired) electrons. The molecule has 4 heteroatoms. The topological polar surface area (TPSA) is 0 Å². The molecule has 2 aliphatic rings. The van der Waals surface area contributed by atoms with Crippen LogP contribution in [0.4, 0.5) is 0 Å². The van der Waals surface area contributed by atoms with Crippen LogP contribution in [-0.4, -0.2) is 5.43 Å². The van der Waals surface area contributed by atoms with Crippen molar-refractivity contribution < 1.29 is 45.2 Å². The van der Waals surface area contributed by atoms with Crippen LogP contribution in [0, 0.1) is 0 Å². The summed E-state index contributed by atoms with van der Waals surface area (Å²) >= 11 is -1.81. The van der Waals surface area contributed by atoms with E-state index in [1.807, 2.05) is 3.28 Å². The van der Waals surface area contributed by atoms with Crippen molar-refractivity contribution in [2.45, 2.75) is 48.8 Å². The van der Waals surface area contributed by atoms with Gasteiger partial charge in [-0.15, -0.1) is 0 Å². The van der Waals surface area contributed by atoms with E-state index in [0.29, 0.717) is 0 Å². The molecule has 0 fully saturated rings. The summed E-state index contributed by atoms with van der Waals surface area (Å²) in [5, 5.41) is 0. The number of hydrogen-bond acceptors (Lipinski definition) is 0.